The van der Waals surface area contributed by atoms with Gasteiger partial charge in [-0.25, -0.2) is 4.99 Å². The number of rotatable bonds is 6. The SMILES string of the molecule is Cc1cn(CCCCc2ccccc2)c2cc(C(=O)N=c3c(Cl)cn(O)cc3Cl)ccc12. The molecular weight excluding hydrogens is 445 g/mol. The minimum atomic E-state index is -0.444. The first-order valence-electron chi connectivity index (χ1n) is 10.4. The molecule has 0 unspecified atom stereocenters. The summed E-state index contributed by atoms with van der Waals surface area (Å²) in [7, 11) is 0. The summed E-state index contributed by atoms with van der Waals surface area (Å²) in [5.74, 6) is -0.444. The molecule has 0 spiro atoms. The molecule has 1 amide bonds. The minimum absolute atomic E-state index is 0.0899. The van der Waals surface area contributed by atoms with Crippen molar-refractivity contribution < 1.29 is 10.0 Å². The normalized spacial score (nSPS) is 11.1. The Morgan fingerprint density at radius 2 is 1.72 bits per heavy atom. The third kappa shape index (κ3) is 4.90. The molecule has 0 radical (unpaired) electrons. The van der Waals surface area contributed by atoms with Gasteiger partial charge < -0.3 is 9.77 Å². The second kappa shape index (κ2) is 9.63. The molecule has 2 aromatic carbocycles. The fraction of sp³-hybridized carbons (Fsp3) is 0.200. The van der Waals surface area contributed by atoms with Gasteiger partial charge in [0.1, 0.15) is 5.36 Å². The lowest BCUT2D eigenvalue weighted by Crippen LogP contribution is -2.12. The zero-order chi connectivity index (χ0) is 22.7. The summed E-state index contributed by atoms with van der Waals surface area (Å²) in [5, 5.41) is 10.9. The van der Waals surface area contributed by atoms with Crippen molar-refractivity contribution in [3.8, 4) is 0 Å². The maximum atomic E-state index is 12.8. The largest absolute Gasteiger partial charge is 0.429 e. The average molecular weight is 468 g/mol. The first kappa shape index (κ1) is 22.2. The Balaban J connectivity index is 1.56. The van der Waals surface area contributed by atoms with Crippen molar-refractivity contribution in [2.75, 3.05) is 0 Å². The number of fused-ring (bicyclic) bond motifs is 1. The third-order valence-electron chi connectivity index (χ3n) is 5.44. The maximum absolute atomic E-state index is 12.8. The average Bonchev–Trinajstić information content (AvgIpc) is 3.09. The number of benzene rings is 2. The van der Waals surface area contributed by atoms with Gasteiger partial charge in [-0.15, -0.1) is 0 Å². The highest BCUT2D eigenvalue weighted by Crippen LogP contribution is 2.23. The minimum Gasteiger partial charge on any atom is -0.429 e. The van der Waals surface area contributed by atoms with E-state index in [2.05, 4.69) is 46.9 Å². The van der Waals surface area contributed by atoms with E-state index in [4.69, 9.17) is 23.2 Å². The van der Waals surface area contributed by atoms with E-state index in [1.54, 1.807) is 6.07 Å². The molecule has 2 aromatic heterocycles. The predicted octanol–water partition coefficient (Wildman–Crippen LogP) is 6.06. The number of aryl methyl sites for hydroxylation is 3. The van der Waals surface area contributed by atoms with Crippen LogP contribution in [0.3, 0.4) is 0 Å². The molecule has 2 heterocycles. The highest BCUT2D eigenvalue weighted by molar-refractivity contribution is 6.34. The lowest BCUT2D eigenvalue weighted by molar-refractivity contribution is 0.0998. The highest BCUT2D eigenvalue weighted by Gasteiger charge is 2.12. The van der Waals surface area contributed by atoms with E-state index in [-0.39, 0.29) is 15.4 Å². The van der Waals surface area contributed by atoms with E-state index in [1.807, 2.05) is 18.2 Å². The summed E-state index contributed by atoms with van der Waals surface area (Å²) in [6, 6.07) is 16.1. The van der Waals surface area contributed by atoms with Crippen molar-refractivity contribution in [1.29, 1.82) is 0 Å². The van der Waals surface area contributed by atoms with Crippen LogP contribution in [0.1, 0.15) is 34.3 Å². The molecule has 0 aliphatic carbocycles. The monoisotopic (exact) mass is 467 g/mol. The molecule has 0 saturated carbocycles. The summed E-state index contributed by atoms with van der Waals surface area (Å²) < 4.78 is 2.93. The third-order valence-corrected chi connectivity index (χ3v) is 6.00. The fourth-order valence-electron chi connectivity index (χ4n) is 3.83. The topological polar surface area (TPSA) is 59.5 Å². The fourth-order valence-corrected chi connectivity index (χ4v) is 4.36. The Morgan fingerprint density at radius 3 is 2.44 bits per heavy atom. The molecule has 7 heteroatoms. The summed E-state index contributed by atoms with van der Waals surface area (Å²) in [5.41, 5.74) is 3.97. The van der Waals surface area contributed by atoms with Crippen LogP contribution in [0.15, 0.2) is 72.1 Å². The van der Waals surface area contributed by atoms with Crippen LogP contribution in [0.25, 0.3) is 10.9 Å². The smallest absolute Gasteiger partial charge is 0.277 e. The van der Waals surface area contributed by atoms with Crippen molar-refractivity contribution in [3.05, 3.63) is 99.2 Å². The van der Waals surface area contributed by atoms with Crippen molar-refractivity contribution in [2.45, 2.75) is 32.7 Å². The summed E-state index contributed by atoms with van der Waals surface area (Å²) in [6.45, 7) is 2.95. The maximum Gasteiger partial charge on any atom is 0.277 e. The van der Waals surface area contributed by atoms with Crippen LogP contribution in [0.5, 0.6) is 0 Å². The molecule has 0 saturated heterocycles. The number of carbonyl (C=O) groups excluding carboxylic acids is 1. The van der Waals surface area contributed by atoms with Gasteiger partial charge in [0.15, 0.2) is 0 Å². The number of halogens is 2. The van der Waals surface area contributed by atoms with Crippen LogP contribution in [0, 0.1) is 6.92 Å². The number of amides is 1. The Kier molecular flexibility index (Phi) is 6.68. The van der Waals surface area contributed by atoms with E-state index in [9.17, 15) is 10.0 Å². The number of unbranched alkanes of at least 4 members (excludes halogenated alkanes) is 1. The van der Waals surface area contributed by atoms with E-state index in [0.717, 1.165) is 41.4 Å². The number of pyridine rings is 1. The van der Waals surface area contributed by atoms with Gasteiger partial charge in [-0.3, -0.25) is 4.79 Å². The summed E-state index contributed by atoms with van der Waals surface area (Å²) >= 11 is 12.2. The van der Waals surface area contributed by atoms with Crippen molar-refractivity contribution in [2.24, 2.45) is 4.99 Å². The van der Waals surface area contributed by atoms with Crippen LogP contribution in [-0.4, -0.2) is 20.4 Å². The molecule has 0 aliphatic heterocycles. The molecule has 0 fully saturated rings. The molecular formula is C25H23Cl2N3O2. The van der Waals surface area contributed by atoms with Gasteiger partial charge in [-0.05, 0) is 49.4 Å². The van der Waals surface area contributed by atoms with Crippen molar-refractivity contribution in [1.82, 2.24) is 9.30 Å². The van der Waals surface area contributed by atoms with E-state index < -0.39 is 5.91 Å². The number of hydrogen-bond acceptors (Lipinski definition) is 2. The zero-order valence-electron chi connectivity index (χ0n) is 17.6. The highest BCUT2D eigenvalue weighted by atomic mass is 35.5. The van der Waals surface area contributed by atoms with Gasteiger partial charge in [-0.2, -0.15) is 4.73 Å². The second-order valence-electron chi connectivity index (χ2n) is 7.78. The van der Waals surface area contributed by atoms with E-state index in [0.29, 0.717) is 5.56 Å². The second-order valence-corrected chi connectivity index (χ2v) is 8.59. The Labute approximate surface area is 196 Å². The van der Waals surface area contributed by atoms with E-state index in [1.165, 1.54) is 23.5 Å². The van der Waals surface area contributed by atoms with Crippen molar-refractivity contribution in [3.63, 3.8) is 0 Å². The molecule has 32 heavy (non-hydrogen) atoms. The molecule has 0 aliphatic rings. The lowest BCUT2D eigenvalue weighted by atomic mass is 10.1. The van der Waals surface area contributed by atoms with Crippen LogP contribution in [0.2, 0.25) is 10.0 Å². The Bertz CT molecular complexity index is 1310. The predicted molar refractivity (Wildman–Crippen MR) is 128 cm³/mol. The van der Waals surface area contributed by atoms with Gasteiger partial charge in [0.25, 0.3) is 5.91 Å². The first-order valence-corrected chi connectivity index (χ1v) is 11.2. The number of nitrogens with zero attached hydrogens (tertiary/aromatic N) is 3. The van der Waals surface area contributed by atoms with Gasteiger partial charge in [0, 0.05) is 29.2 Å². The van der Waals surface area contributed by atoms with Gasteiger partial charge >= 0.3 is 0 Å². The Hall–Kier alpha value is -3.02. The molecule has 1 N–H and O–H groups in total. The van der Waals surface area contributed by atoms with Gasteiger partial charge in [-0.1, -0.05) is 59.6 Å². The standard InChI is InChI=1S/C25H23Cl2N3O2/c1-17-14-29(12-6-5-9-18-7-3-2-4-8-18)23-13-19(10-11-20(17)23)25(31)28-24-21(26)15-30(32)16-22(24)27/h2-4,7-8,10-11,13-16,32H,5-6,9,12H2,1H3. The van der Waals surface area contributed by atoms with Gasteiger partial charge in [0.05, 0.1) is 22.4 Å². The van der Waals surface area contributed by atoms with Crippen LogP contribution < -0.4 is 5.36 Å². The van der Waals surface area contributed by atoms with Crippen LogP contribution >= 0.6 is 23.2 Å². The Morgan fingerprint density at radius 1 is 1.00 bits per heavy atom. The lowest BCUT2D eigenvalue weighted by Gasteiger charge is -2.07. The summed E-state index contributed by atoms with van der Waals surface area (Å²) in [4.78, 5) is 16.9. The molecule has 0 atom stereocenters. The molecule has 5 nitrogen and oxygen atoms in total. The molecule has 4 aromatic rings. The molecule has 0 bridgehead atoms. The van der Waals surface area contributed by atoms with Crippen LogP contribution in [0.4, 0.5) is 0 Å². The molecule has 4 rings (SSSR count). The summed E-state index contributed by atoms with van der Waals surface area (Å²) in [6.07, 6.45) is 7.76. The quantitative estimate of drug-likeness (QED) is 0.276. The van der Waals surface area contributed by atoms with Crippen molar-refractivity contribution >= 4 is 40.0 Å². The van der Waals surface area contributed by atoms with Crippen LogP contribution in [-0.2, 0) is 13.0 Å². The van der Waals surface area contributed by atoms with E-state index >= 15 is 0 Å². The zero-order valence-corrected chi connectivity index (χ0v) is 19.1. The van der Waals surface area contributed by atoms with Gasteiger partial charge in [0.2, 0.25) is 0 Å². The number of aromatic nitrogens is 2. The first-order chi connectivity index (χ1) is 15.4. The molecule has 164 valence electrons. The number of hydrogen-bond donors (Lipinski definition) is 1. The number of carbonyl (C=O) groups is 1.